The predicted octanol–water partition coefficient (Wildman–Crippen LogP) is 3.26. The summed E-state index contributed by atoms with van der Waals surface area (Å²) in [6.45, 7) is 6.01. The van der Waals surface area contributed by atoms with Gasteiger partial charge < -0.3 is 5.32 Å². The number of nitrogens with one attached hydrogen (secondary N) is 1. The molecule has 0 fully saturated rings. The van der Waals surface area contributed by atoms with E-state index < -0.39 is 0 Å². The third kappa shape index (κ3) is 2.74. The molecule has 1 N–H and O–H groups in total. The molecule has 3 heteroatoms. The number of amides is 1. The zero-order valence-electron chi connectivity index (χ0n) is 10.8. The fraction of sp³-hybridized carbons (Fsp3) is 0.200. The van der Waals surface area contributed by atoms with Crippen LogP contribution >= 0.6 is 0 Å². The molecule has 0 aliphatic carbocycles. The molecule has 0 saturated heterocycles. The van der Waals surface area contributed by atoms with Gasteiger partial charge in [0.1, 0.15) is 5.69 Å². The maximum Gasteiger partial charge on any atom is 0.274 e. The van der Waals surface area contributed by atoms with Gasteiger partial charge in [0.2, 0.25) is 0 Å². The summed E-state index contributed by atoms with van der Waals surface area (Å²) in [6.07, 6.45) is 1.64. The molecule has 0 aliphatic rings. The molecule has 2 rings (SSSR count). The Morgan fingerprint density at radius 3 is 2.50 bits per heavy atom. The zero-order valence-corrected chi connectivity index (χ0v) is 10.8. The van der Waals surface area contributed by atoms with E-state index in [0.29, 0.717) is 5.69 Å². The first-order chi connectivity index (χ1) is 8.56. The first-order valence-electron chi connectivity index (χ1n) is 5.87. The van der Waals surface area contributed by atoms with Gasteiger partial charge in [0.25, 0.3) is 5.91 Å². The van der Waals surface area contributed by atoms with Crippen molar-refractivity contribution < 1.29 is 4.79 Å². The summed E-state index contributed by atoms with van der Waals surface area (Å²) < 4.78 is 0. The molecule has 1 amide bonds. The van der Waals surface area contributed by atoms with Crippen LogP contribution in [0, 0.1) is 20.8 Å². The summed E-state index contributed by atoms with van der Waals surface area (Å²) in [5.74, 6) is -0.179. The highest BCUT2D eigenvalue weighted by Crippen LogP contribution is 2.15. The van der Waals surface area contributed by atoms with E-state index in [1.165, 1.54) is 5.56 Å². The summed E-state index contributed by atoms with van der Waals surface area (Å²) in [4.78, 5) is 16.1. The zero-order chi connectivity index (χ0) is 13.1. The van der Waals surface area contributed by atoms with E-state index >= 15 is 0 Å². The Hall–Kier alpha value is -2.16. The van der Waals surface area contributed by atoms with Gasteiger partial charge >= 0.3 is 0 Å². The Morgan fingerprint density at radius 1 is 1.06 bits per heavy atom. The summed E-state index contributed by atoms with van der Waals surface area (Å²) in [5, 5.41) is 2.85. The van der Waals surface area contributed by atoms with E-state index in [-0.39, 0.29) is 5.91 Å². The van der Waals surface area contributed by atoms with Crippen LogP contribution in [0.4, 0.5) is 5.69 Å². The second-order valence-electron chi connectivity index (χ2n) is 4.47. The number of hydrogen-bond acceptors (Lipinski definition) is 2. The second kappa shape index (κ2) is 5.00. The first-order valence-corrected chi connectivity index (χ1v) is 5.87. The molecule has 1 aromatic carbocycles. The van der Waals surface area contributed by atoms with Crippen LogP contribution in [0.3, 0.4) is 0 Å². The lowest BCUT2D eigenvalue weighted by atomic mass is 10.1. The Labute approximate surface area is 107 Å². The molecule has 1 heterocycles. The fourth-order valence-electron chi connectivity index (χ4n) is 1.67. The van der Waals surface area contributed by atoms with Crippen molar-refractivity contribution in [2.75, 3.05) is 5.32 Å². The van der Waals surface area contributed by atoms with Crippen molar-refractivity contribution in [2.45, 2.75) is 20.8 Å². The van der Waals surface area contributed by atoms with E-state index in [0.717, 1.165) is 16.8 Å². The normalized spacial score (nSPS) is 10.2. The molecule has 0 saturated carbocycles. The first kappa shape index (κ1) is 12.3. The number of pyridine rings is 1. The highest BCUT2D eigenvalue weighted by molar-refractivity contribution is 6.02. The maximum absolute atomic E-state index is 12.0. The van der Waals surface area contributed by atoms with Gasteiger partial charge in [0.05, 0.1) is 0 Å². The van der Waals surface area contributed by atoms with Crippen LogP contribution in [0.5, 0.6) is 0 Å². The molecule has 92 valence electrons. The Bertz CT molecular complexity index is 591. The number of carbonyl (C=O) groups excluding carboxylic acids is 1. The average molecular weight is 240 g/mol. The van der Waals surface area contributed by atoms with Crippen molar-refractivity contribution in [2.24, 2.45) is 0 Å². The molecular weight excluding hydrogens is 224 g/mol. The summed E-state index contributed by atoms with van der Waals surface area (Å²) in [5.41, 5.74) is 4.63. The number of aromatic nitrogens is 1. The summed E-state index contributed by atoms with van der Waals surface area (Å²) in [7, 11) is 0. The van der Waals surface area contributed by atoms with Crippen LogP contribution in [-0.2, 0) is 0 Å². The Kier molecular flexibility index (Phi) is 3.42. The number of hydrogen-bond donors (Lipinski definition) is 1. The second-order valence-corrected chi connectivity index (χ2v) is 4.47. The molecule has 0 bridgehead atoms. The molecule has 0 unspecified atom stereocenters. The largest absolute Gasteiger partial charge is 0.321 e. The lowest BCUT2D eigenvalue weighted by Gasteiger charge is -2.07. The van der Waals surface area contributed by atoms with Crippen LogP contribution in [0.2, 0.25) is 0 Å². The SMILES string of the molecule is Cc1ccnc(C(=O)Nc2ccc(C)c(C)c2)c1. The van der Waals surface area contributed by atoms with E-state index in [4.69, 9.17) is 0 Å². The molecule has 0 radical (unpaired) electrons. The van der Waals surface area contributed by atoms with Gasteiger partial charge in [0.15, 0.2) is 0 Å². The fourth-order valence-corrected chi connectivity index (χ4v) is 1.67. The van der Waals surface area contributed by atoms with E-state index in [1.807, 2.05) is 45.0 Å². The number of aryl methyl sites for hydroxylation is 3. The van der Waals surface area contributed by atoms with Gasteiger partial charge in [0, 0.05) is 11.9 Å². The number of benzene rings is 1. The quantitative estimate of drug-likeness (QED) is 0.875. The predicted molar refractivity (Wildman–Crippen MR) is 72.8 cm³/mol. The highest BCUT2D eigenvalue weighted by atomic mass is 16.1. The van der Waals surface area contributed by atoms with Gasteiger partial charge in [-0.05, 0) is 61.7 Å². The van der Waals surface area contributed by atoms with Crippen LogP contribution < -0.4 is 5.32 Å². The standard InChI is InChI=1S/C15H16N2O/c1-10-6-7-16-14(8-10)15(18)17-13-5-4-11(2)12(3)9-13/h4-9H,1-3H3,(H,17,18). The van der Waals surface area contributed by atoms with Crippen molar-refractivity contribution in [3.63, 3.8) is 0 Å². The Morgan fingerprint density at radius 2 is 1.83 bits per heavy atom. The minimum Gasteiger partial charge on any atom is -0.321 e. The molecule has 18 heavy (non-hydrogen) atoms. The van der Waals surface area contributed by atoms with Gasteiger partial charge in [-0.3, -0.25) is 9.78 Å². The van der Waals surface area contributed by atoms with Crippen molar-refractivity contribution in [1.82, 2.24) is 4.98 Å². The van der Waals surface area contributed by atoms with Crippen LogP contribution in [0.25, 0.3) is 0 Å². The Balaban J connectivity index is 2.18. The minimum atomic E-state index is -0.179. The van der Waals surface area contributed by atoms with Crippen LogP contribution in [0.1, 0.15) is 27.2 Å². The lowest BCUT2D eigenvalue weighted by Crippen LogP contribution is -2.13. The maximum atomic E-state index is 12.0. The van der Waals surface area contributed by atoms with Crippen LogP contribution in [0.15, 0.2) is 36.5 Å². The third-order valence-corrected chi connectivity index (χ3v) is 2.91. The van der Waals surface area contributed by atoms with Crippen molar-refractivity contribution in [1.29, 1.82) is 0 Å². The van der Waals surface area contributed by atoms with Crippen molar-refractivity contribution >= 4 is 11.6 Å². The minimum absolute atomic E-state index is 0.179. The van der Waals surface area contributed by atoms with Gasteiger partial charge in [-0.2, -0.15) is 0 Å². The summed E-state index contributed by atoms with van der Waals surface area (Å²) >= 11 is 0. The third-order valence-electron chi connectivity index (χ3n) is 2.91. The average Bonchev–Trinajstić information content (AvgIpc) is 2.34. The molecule has 0 atom stereocenters. The molecule has 1 aromatic heterocycles. The summed E-state index contributed by atoms with van der Waals surface area (Å²) in [6, 6.07) is 9.50. The number of rotatable bonds is 2. The molecule has 2 aromatic rings. The molecule has 3 nitrogen and oxygen atoms in total. The molecular formula is C15H16N2O. The van der Waals surface area contributed by atoms with Crippen LogP contribution in [-0.4, -0.2) is 10.9 Å². The van der Waals surface area contributed by atoms with E-state index in [2.05, 4.69) is 10.3 Å². The van der Waals surface area contributed by atoms with Gasteiger partial charge in [-0.1, -0.05) is 6.07 Å². The molecule has 0 spiro atoms. The molecule has 0 aliphatic heterocycles. The van der Waals surface area contributed by atoms with Crippen molar-refractivity contribution in [3.05, 3.63) is 58.9 Å². The number of nitrogens with zero attached hydrogens (tertiary/aromatic N) is 1. The van der Waals surface area contributed by atoms with Gasteiger partial charge in [-0.15, -0.1) is 0 Å². The lowest BCUT2D eigenvalue weighted by molar-refractivity contribution is 0.102. The smallest absolute Gasteiger partial charge is 0.274 e. The van der Waals surface area contributed by atoms with Crippen molar-refractivity contribution in [3.8, 4) is 0 Å². The topological polar surface area (TPSA) is 42.0 Å². The van der Waals surface area contributed by atoms with E-state index in [9.17, 15) is 4.79 Å². The van der Waals surface area contributed by atoms with E-state index in [1.54, 1.807) is 12.3 Å². The number of anilines is 1. The monoisotopic (exact) mass is 240 g/mol. The number of carbonyl (C=O) groups is 1. The highest BCUT2D eigenvalue weighted by Gasteiger charge is 2.07. The van der Waals surface area contributed by atoms with Gasteiger partial charge in [-0.25, -0.2) is 0 Å².